The van der Waals surface area contributed by atoms with Gasteiger partial charge in [-0.2, -0.15) is 4.37 Å². The van der Waals surface area contributed by atoms with Gasteiger partial charge in [-0.3, -0.25) is 0 Å². The van der Waals surface area contributed by atoms with Crippen LogP contribution >= 0.6 is 11.5 Å². The molecule has 1 heterocycles. The number of nitrogens with two attached hydrogens (primary N) is 1. The first kappa shape index (κ1) is 12.0. The van der Waals surface area contributed by atoms with Crippen LogP contribution in [-0.2, 0) is 10.0 Å². The van der Waals surface area contributed by atoms with Gasteiger partial charge in [0.2, 0.25) is 10.0 Å². The van der Waals surface area contributed by atoms with E-state index in [4.69, 9.17) is 5.14 Å². The average Bonchev–Trinajstić information content (AvgIpc) is 2.72. The molecule has 0 unspecified atom stereocenters. The van der Waals surface area contributed by atoms with E-state index in [1.807, 2.05) is 0 Å². The summed E-state index contributed by atoms with van der Waals surface area (Å²) in [5, 5.41) is 4.86. The molecular weight excluding hydrogens is 272 g/mol. The minimum atomic E-state index is -4.33. The quantitative estimate of drug-likeness (QED) is 0.891. The minimum Gasteiger partial charge on any atom is -0.225 e. The molecule has 1 aromatic carbocycles. The van der Waals surface area contributed by atoms with Crippen molar-refractivity contribution in [3.05, 3.63) is 30.1 Å². The lowest BCUT2D eigenvalue weighted by molar-refractivity contribution is 0.556. The normalized spacial score (nSPS) is 11.7. The van der Waals surface area contributed by atoms with Gasteiger partial charge in [-0.15, -0.1) is 0 Å². The maximum Gasteiger partial charge on any atom is 0.241 e. The number of sulfonamides is 1. The third-order valence-corrected chi connectivity index (χ3v) is 3.51. The Balaban J connectivity index is 2.75. The number of aromatic nitrogens is 2. The Bertz CT molecular complexity index is 656. The first-order valence-corrected chi connectivity index (χ1v) is 6.50. The summed E-state index contributed by atoms with van der Waals surface area (Å²) in [6, 6.07) is 1.36. The summed E-state index contributed by atoms with van der Waals surface area (Å²) < 4.78 is 52.8. The van der Waals surface area contributed by atoms with Crippen LogP contribution in [0.1, 0.15) is 0 Å². The number of benzene rings is 1. The second-order valence-corrected chi connectivity index (χ2v) is 5.37. The van der Waals surface area contributed by atoms with E-state index < -0.39 is 26.6 Å². The molecule has 0 aliphatic carbocycles. The maximum atomic E-state index is 13.8. The highest BCUT2D eigenvalue weighted by Gasteiger charge is 2.21. The maximum absolute atomic E-state index is 13.8. The van der Waals surface area contributed by atoms with Crippen molar-refractivity contribution in [2.75, 3.05) is 0 Å². The van der Waals surface area contributed by atoms with Gasteiger partial charge in [0, 0.05) is 0 Å². The van der Waals surface area contributed by atoms with Gasteiger partial charge in [0.15, 0.2) is 5.82 Å². The molecule has 0 bridgehead atoms. The number of hydrogen-bond acceptors (Lipinski definition) is 5. The van der Waals surface area contributed by atoms with Gasteiger partial charge in [0.05, 0.1) is 5.56 Å². The summed E-state index contributed by atoms with van der Waals surface area (Å²) in [5.41, 5.74) is -0.281. The van der Waals surface area contributed by atoms with Gasteiger partial charge in [-0.25, -0.2) is 27.3 Å². The summed E-state index contributed by atoms with van der Waals surface area (Å²) in [5.74, 6) is -2.05. The first-order valence-electron chi connectivity index (χ1n) is 4.18. The van der Waals surface area contributed by atoms with Crippen molar-refractivity contribution < 1.29 is 17.2 Å². The second-order valence-electron chi connectivity index (χ2n) is 3.06. The third kappa shape index (κ3) is 2.30. The van der Waals surface area contributed by atoms with E-state index in [1.54, 1.807) is 0 Å². The Labute approximate surface area is 99.1 Å². The van der Waals surface area contributed by atoms with Crippen LogP contribution in [0.25, 0.3) is 10.6 Å². The van der Waals surface area contributed by atoms with Crippen LogP contribution < -0.4 is 5.14 Å². The molecule has 0 spiro atoms. The molecule has 9 heteroatoms. The van der Waals surface area contributed by atoms with Crippen molar-refractivity contribution >= 4 is 21.6 Å². The Morgan fingerprint density at radius 2 is 2.00 bits per heavy atom. The smallest absolute Gasteiger partial charge is 0.225 e. The van der Waals surface area contributed by atoms with E-state index in [2.05, 4.69) is 9.36 Å². The van der Waals surface area contributed by atoms with Gasteiger partial charge in [-0.1, -0.05) is 0 Å². The molecule has 5 nitrogen and oxygen atoms in total. The standard InChI is InChI=1S/C8H5F2N3O2S2/c9-4-1-5(8-12-3-13-16-8)7(10)6(2-4)17(11,14)15/h1-3H,(H2,11,14,15). The van der Waals surface area contributed by atoms with Crippen LogP contribution in [0, 0.1) is 11.6 Å². The van der Waals surface area contributed by atoms with E-state index in [9.17, 15) is 17.2 Å². The molecule has 2 N–H and O–H groups in total. The molecule has 0 aliphatic heterocycles. The van der Waals surface area contributed by atoms with Crippen molar-refractivity contribution in [2.45, 2.75) is 4.90 Å². The molecule has 0 amide bonds. The molecule has 2 rings (SSSR count). The minimum absolute atomic E-state index is 0.0758. The number of halogens is 2. The predicted molar refractivity (Wildman–Crippen MR) is 56.6 cm³/mol. The SMILES string of the molecule is NS(=O)(=O)c1cc(F)cc(-c2ncns2)c1F. The molecule has 1 aromatic heterocycles. The fraction of sp³-hybridized carbons (Fsp3) is 0. The zero-order valence-electron chi connectivity index (χ0n) is 8.09. The van der Waals surface area contributed by atoms with Gasteiger partial charge >= 0.3 is 0 Å². The Kier molecular flexibility index (Phi) is 2.89. The van der Waals surface area contributed by atoms with Gasteiger partial charge in [0.1, 0.15) is 22.0 Å². The zero-order valence-corrected chi connectivity index (χ0v) is 9.73. The van der Waals surface area contributed by atoms with Crippen LogP contribution in [0.2, 0.25) is 0 Å². The molecule has 90 valence electrons. The van der Waals surface area contributed by atoms with E-state index in [1.165, 1.54) is 0 Å². The molecule has 0 saturated heterocycles. The fourth-order valence-electron chi connectivity index (χ4n) is 1.22. The van der Waals surface area contributed by atoms with Crippen LogP contribution in [0.5, 0.6) is 0 Å². The molecule has 17 heavy (non-hydrogen) atoms. The zero-order chi connectivity index (χ0) is 12.6. The molecular formula is C8H5F2N3O2S2. The first-order chi connectivity index (χ1) is 7.89. The summed E-state index contributed by atoms with van der Waals surface area (Å²) in [7, 11) is -4.33. The Hall–Kier alpha value is -1.45. The molecule has 0 fully saturated rings. The largest absolute Gasteiger partial charge is 0.241 e. The summed E-state index contributed by atoms with van der Waals surface area (Å²) in [6.07, 6.45) is 1.15. The number of primary sulfonamides is 1. The van der Waals surface area contributed by atoms with Crippen molar-refractivity contribution in [3.63, 3.8) is 0 Å². The molecule has 2 aromatic rings. The van der Waals surface area contributed by atoms with E-state index in [0.717, 1.165) is 23.9 Å². The van der Waals surface area contributed by atoms with E-state index >= 15 is 0 Å². The van der Waals surface area contributed by atoms with Crippen LogP contribution in [0.4, 0.5) is 8.78 Å². The van der Waals surface area contributed by atoms with Crippen molar-refractivity contribution in [1.29, 1.82) is 0 Å². The molecule has 0 aliphatic rings. The number of rotatable bonds is 2. The highest BCUT2D eigenvalue weighted by molar-refractivity contribution is 7.89. The summed E-state index contributed by atoms with van der Waals surface area (Å²) in [4.78, 5) is 2.78. The van der Waals surface area contributed by atoms with Crippen molar-refractivity contribution in [1.82, 2.24) is 9.36 Å². The highest BCUT2D eigenvalue weighted by atomic mass is 32.2. The van der Waals surface area contributed by atoms with Crippen LogP contribution in [0.3, 0.4) is 0 Å². The molecule has 0 radical (unpaired) electrons. The van der Waals surface area contributed by atoms with E-state index in [0.29, 0.717) is 6.07 Å². The highest BCUT2D eigenvalue weighted by Crippen LogP contribution is 2.28. The molecule has 0 saturated carbocycles. The third-order valence-electron chi connectivity index (χ3n) is 1.90. The van der Waals surface area contributed by atoms with Gasteiger partial charge in [0.25, 0.3) is 0 Å². The lowest BCUT2D eigenvalue weighted by Crippen LogP contribution is -2.15. The number of nitrogens with zero attached hydrogens (tertiary/aromatic N) is 2. The van der Waals surface area contributed by atoms with Gasteiger partial charge < -0.3 is 0 Å². The summed E-state index contributed by atoms with van der Waals surface area (Å²) in [6.45, 7) is 0. The number of hydrogen-bond donors (Lipinski definition) is 1. The topological polar surface area (TPSA) is 85.9 Å². The average molecular weight is 277 g/mol. The molecule has 0 atom stereocenters. The Morgan fingerprint density at radius 3 is 2.53 bits per heavy atom. The second kappa shape index (κ2) is 4.09. The Morgan fingerprint density at radius 1 is 1.29 bits per heavy atom. The lowest BCUT2D eigenvalue weighted by atomic mass is 10.2. The van der Waals surface area contributed by atoms with Gasteiger partial charge in [-0.05, 0) is 23.7 Å². The fourth-order valence-corrected chi connectivity index (χ4v) is 2.39. The monoisotopic (exact) mass is 277 g/mol. The van der Waals surface area contributed by atoms with Crippen LogP contribution in [-0.4, -0.2) is 17.8 Å². The van der Waals surface area contributed by atoms with Crippen molar-refractivity contribution in [2.24, 2.45) is 5.14 Å². The summed E-state index contributed by atoms with van der Waals surface area (Å²) >= 11 is 0.815. The lowest BCUT2D eigenvalue weighted by Gasteiger charge is -2.04. The van der Waals surface area contributed by atoms with Crippen molar-refractivity contribution in [3.8, 4) is 10.6 Å². The van der Waals surface area contributed by atoms with Crippen LogP contribution in [0.15, 0.2) is 23.4 Å². The predicted octanol–water partition coefficient (Wildman–Crippen LogP) is 1.13. The van der Waals surface area contributed by atoms with E-state index in [-0.39, 0.29) is 10.6 Å².